The Morgan fingerprint density at radius 1 is 0.312 bits per heavy atom. The third-order valence-corrected chi connectivity index (χ3v) is 9.74. The number of aromatic nitrogens is 1. The lowest BCUT2D eigenvalue weighted by Gasteiger charge is -2.13. The summed E-state index contributed by atoms with van der Waals surface area (Å²) in [4.78, 5) is 0. The highest BCUT2D eigenvalue weighted by atomic mass is 16.3. The summed E-state index contributed by atoms with van der Waals surface area (Å²) in [5.74, 6) is 0. The number of furan rings is 1. The standard InChI is InChI=1S/C46H29NO/c1-3-11-30(12-4-1)35-23-36(31-13-5-2-6-14-31)25-37(24-35)32-19-21-38(22-20-32)47-43-18-10-9-17-39(43)40-28-42-41-26-33-15-7-8-16-34(33)27-45(41)48-46(42)29-44(40)47/h1-29H. The van der Waals surface area contributed by atoms with Crippen molar-refractivity contribution in [1.29, 1.82) is 0 Å². The largest absolute Gasteiger partial charge is 0.456 e. The minimum Gasteiger partial charge on any atom is -0.456 e. The maximum atomic E-state index is 6.51. The molecule has 0 spiro atoms. The van der Waals surface area contributed by atoms with Crippen LogP contribution in [-0.2, 0) is 0 Å². The van der Waals surface area contributed by atoms with Gasteiger partial charge in [0.2, 0.25) is 0 Å². The fourth-order valence-electron chi connectivity index (χ4n) is 7.39. The zero-order valence-electron chi connectivity index (χ0n) is 26.1. The molecule has 0 saturated carbocycles. The Kier molecular flexibility index (Phi) is 5.91. The van der Waals surface area contributed by atoms with E-state index >= 15 is 0 Å². The first-order chi connectivity index (χ1) is 23.8. The molecular weight excluding hydrogens is 583 g/mol. The summed E-state index contributed by atoms with van der Waals surface area (Å²) in [5, 5.41) is 7.17. The van der Waals surface area contributed by atoms with Crippen LogP contribution in [0, 0.1) is 0 Å². The maximum absolute atomic E-state index is 6.51. The zero-order valence-corrected chi connectivity index (χ0v) is 26.1. The minimum atomic E-state index is 0.902. The number of rotatable bonds is 4. The van der Waals surface area contributed by atoms with E-state index in [1.807, 2.05) is 0 Å². The van der Waals surface area contributed by atoms with Crippen LogP contribution in [-0.4, -0.2) is 4.57 Å². The molecule has 0 aliphatic rings. The maximum Gasteiger partial charge on any atom is 0.137 e. The summed E-state index contributed by atoms with van der Waals surface area (Å²) < 4.78 is 8.88. The summed E-state index contributed by atoms with van der Waals surface area (Å²) in [6, 6.07) is 63.3. The molecule has 0 fully saturated rings. The Morgan fingerprint density at radius 2 is 0.833 bits per heavy atom. The van der Waals surface area contributed by atoms with Crippen molar-refractivity contribution in [3.8, 4) is 39.1 Å². The van der Waals surface area contributed by atoms with Crippen LogP contribution in [0.2, 0.25) is 0 Å². The Hall–Kier alpha value is -6.38. The number of benzene rings is 8. The minimum absolute atomic E-state index is 0.902. The van der Waals surface area contributed by atoms with Crippen LogP contribution in [0.1, 0.15) is 0 Å². The summed E-state index contributed by atoms with van der Waals surface area (Å²) in [5.41, 5.74) is 12.5. The number of hydrogen-bond acceptors (Lipinski definition) is 1. The molecule has 0 N–H and O–H groups in total. The molecule has 2 heteroatoms. The van der Waals surface area contributed by atoms with Gasteiger partial charge in [0, 0.05) is 33.3 Å². The van der Waals surface area contributed by atoms with Gasteiger partial charge < -0.3 is 8.98 Å². The van der Waals surface area contributed by atoms with Crippen molar-refractivity contribution in [2.75, 3.05) is 0 Å². The van der Waals surface area contributed by atoms with Crippen molar-refractivity contribution in [3.63, 3.8) is 0 Å². The first-order valence-electron chi connectivity index (χ1n) is 16.4. The van der Waals surface area contributed by atoms with Crippen molar-refractivity contribution in [2.24, 2.45) is 0 Å². The smallest absolute Gasteiger partial charge is 0.137 e. The molecular formula is C46H29NO. The van der Waals surface area contributed by atoms with Crippen molar-refractivity contribution in [3.05, 3.63) is 176 Å². The van der Waals surface area contributed by atoms with Crippen molar-refractivity contribution in [1.82, 2.24) is 4.57 Å². The average Bonchev–Trinajstić information content (AvgIpc) is 3.67. The van der Waals surface area contributed by atoms with E-state index in [1.165, 1.54) is 60.4 Å². The van der Waals surface area contributed by atoms with Gasteiger partial charge in [-0.1, -0.05) is 115 Å². The molecule has 8 aromatic carbocycles. The van der Waals surface area contributed by atoms with E-state index < -0.39 is 0 Å². The van der Waals surface area contributed by atoms with Gasteiger partial charge in [0.05, 0.1) is 11.0 Å². The van der Waals surface area contributed by atoms with Crippen LogP contribution in [0.15, 0.2) is 180 Å². The van der Waals surface area contributed by atoms with Crippen LogP contribution in [0.3, 0.4) is 0 Å². The second-order valence-corrected chi connectivity index (χ2v) is 12.6. The van der Waals surface area contributed by atoms with E-state index in [1.54, 1.807) is 0 Å². The lowest BCUT2D eigenvalue weighted by molar-refractivity contribution is 0.670. The van der Waals surface area contributed by atoms with Gasteiger partial charge >= 0.3 is 0 Å². The van der Waals surface area contributed by atoms with Crippen molar-refractivity contribution < 1.29 is 4.42 Å². The molecule has 0 radical (unpaired) electrons. The number of nitrogens with zero attached hydrogens (tertiary/aromatic N) is 1. The molecule has 0 saturated heterocycles. The van der Waals surface area contributed by atoms with Crippen LogP contribution < -0.4 is 0 Å². The summed E-state index contributed by atoms with van der Waals surface area (Å²) in [7, 11) is 0. The van der Waals surface area contributed by atoms with Gasteiger partial charge in [-0.2, -0.15) is 0 Å². The van der Waals surface area contributed by atoms with Crippen molar-refractivity contribution >= 4 is 54.5 Å². The Morgan fingerprint density at radius 3 is 1.50 bits per heavy atom. The predicted octanol–water partition coefficient (Wildman–Crippen LogP) is 12.8. The van der Waals surface area contributed by atoms with Crippen LogP contribution in [0.5, 0.6) is 0 Å². The zero-order chi connectivity index (χ0) is 31.6. The molecule has 0 amide bonds. The van der Waals surface area contributed by atoms with Gasteiger partial charge in [0.1, 0.15) is 11.2 Å². The fraction of sp³-hybridized carbons (Fsp3) is 0. The normalized spacial score (nSPS) is 11.8. The molecule has 2 aromatic heterocycles. The van der Waals surface area contributed by atoms with E-state index in [0.29, 0.717) is 0 Å². The Balaban J connectivity index is 1.13. The van der Waals surface area contributed by atoms with Gasteiger partial charge in [-0.3, -0.25) is 0 Å². The second kappa shape index (κ2) is 10.6. The molecule has 2 heterocycles. The molecule has 10 aromatic rings. The number of fused-ring (bicyclic) bond motifs is 7. The quantitative estimate of drug-likeness (QED) is 0.194. The highest BCUT2D eigenvalue weighted by Gasteiger charge is 2.17. The Bertz CT molecular complexity index is 2750. The monoisotopic (exact) mass is 611 g/mol. The molecule has 10 rings (SSSR count). The third kappa shape index (κ3) is 4.27. The second-order valence-electron chi connectivity index (χ2n) is 12.6. The molecule has 0 bridgehead atoms. The van der Waals surface area contributed by atoms with E-state index in [9.17, 15) is 0 Å². The lowest BCUT2D eigenvalue weighted by atomic mass is 9.93. The third-order valence-electron chi connectivity index (χ3n) is 9.74. The summed E-state index contributed by atoms with van der Waals surface area (Å²) >= 11 is 0. The van der Waals surface area contributed by atoms with E-state index in [-0.39, 0.29) is 0 Å². The number of hydrogen-bond donors (Lipinski definition) is 0. The van der Waals surface area contributed by atoms with Gasteiger partial charge in [0.15, 0.2) is 0 Å². The van der Waals surface area contributed by atoms with Gasteiger partial charge in [-0.15, -0.1) is 0 Å². The summed E-state index contributed by atoms with van der Waals surface area (Å²) in [6.07, 6.45) is 0. The van der Waals surface area contributed by atoms with Gasteiger partial charge in [-0.25, -0.2) is 0 Å². The average molecular weight is 612 g/mol. The summed E-state index contributed by atoms with van der Waals surface area (Å²) in [6.45, 7) is 0. The molecule has 0 unspecified atom stereocenters. The van der Waals surface area contributed by atoms with Gasteiger partial charge in [0.25, 0.3) is 0 Å². The van der Waals surface area contributed by atoms with E-state index in [2.05, 4.69) is 180 Å². The number of para-hydroxylation sites is 1. The van der Waals surface area contributed by atoms with Crippen LogP contribution in [0.25, 0.3) is 93.6 Å². The van der Waals surface area contributed by atoms with Crippen LogP contribution >= 0.6 is 0 Å². The molecule has 48 heavy (non-hydrogen) atoms. The predicted molar refractivity (Wildman–Crippen MR) is 202 cm³/mol. The molecule has 2 nitrogen and oxygen atoms in total. The molecule has 0 atom stereocenters. The van der Waals surface area contributed by atoms with E-state index in [4.69, 9.17) is 4.42 Å². The molecule has 0 aliphatic heterocycles. The molecule has 224 valence electrons. The fourth-order valence-corrected chi connectivity index (χ4v) is 7.39. The lowest BCUT2D eigenvalue weighted by Crippen LogP contribution is -1.94. The first kappa shape index (κ1) is 26.8. The Labute approximate surface area is 277 Å². The highest BCUT2D eigenvalue weighted by Crippen LogP contribution is 2.40. The van der Waals surface area contributed by atoms with Crippen LogP contribution in [0.4, 0.5) is 0 Å². The first-order valence-corrected chi connectivity index (χ1v) is 16.4. The van der Waals surface area contributed by atoms with Crippen molar-refractivity contribution in [2.45, 2.75) is 0 Å². The van der Waals surface area contributed by atoms with Gasteiger partial charge in [-0.05, 0) is 98.8 Å². The topological polar surface area (TPSA) is 18.1 Å². The SMILES string of the molecule is c1ccc(-c2cc(-c3ccccc3)cc(-c3ccc(-n4c5ccccc5c5cc6c(cc54)oc4cc5ccccc5cc46)cc3)c2)cc1. The van der Waals surface area contributed by atoms with E-state index in [0.717, 1.165) is 33.1 Å². The highest BCUT2D eigenvalue weighted by molar-refractivity contribution is 6.18. The molecule has 0 aliphatic carbocycles.